The van der Waals surface area contributed by atoms with E-state index in [2.05, 4.69) is 13.8 Å². The van der Waals surface area contributed by atoms with Gasteiger partial charge in [0.05, 0.1) is 29.5 Å². The van der Waals surface area contributed by atoms with Gasteiger partial charge in [-0.25, -0.2) is 0 Å². The van der Waals surface area contributed by atoms with Crippen molar-refractivity contribution in [3.63, 3.8) is 0 Å². The van der Waals surface area contributed by atoms with E-state index in [0.29, 0.717) is 24.7 Å². The van der Waals surface area contributed by atoms with Gasteiger partial charge in [0.15, 0.2) is 0 Å². The Morgan fingerprint density at radius 2 is 1.75 bits per heavy atom. The molecule has 3 fully saturated rings. The lowest BCUT2D eigenvalue weighted by molar-refractivity contribution is -0.177. The number of rotatable bonds is 2. The normalized spacial score (nSPS) is 51.8. The minimum atomic E-state index is -1.33. The monoisotopic (exact) mass is 398 g/mol. The Balaban J connectivity index is 2.09. The van der Waals surface area contributed by atoms with Crippen molar-refractivity contribution < 1.29 is 29.6 Å². The van der Waals surface area contributed by atoms with Gasteiger partial charge in [-0.05, 0) is 58.3 Å². The molecule has 0 aromatic carbocycles. The lowest BCUT2D eigenvalue weighted by Gasteiger charge is -2.50. The Labute approximate surface area is 168 Å². The summed E-state index contributed by atoms with van der Waals surface area (Å²) in [6.45, 7) is 11.2. The summed E-state index contributed by atoms with van der Waals surface area (Å²) >= 11 is 0. The van der Waals surface area contributed by atoms with Gasteiger partial charge < -0.3 is 24.8 Å². The number of esters is 1. The van der Waals surface area contributed by atoms with E-state index >= 15 is 0 Å². The van der Waals surface area contributed by atoms with E-state index in [-0.39, 0.29) is 24.2 Å². The van der Waals surface area contributed by atoms with Gasteiger partial charge in [0.2, 0.25) is 0 Å². The largest absolute Gasteiger partial charge is 0.459 e. The molecule has 9 atom stereocenters. The maximum atomic E-state index is 11.9. The third kappa shape index (κ3) is 3.73. The third-order valence-electron chi connectivity index (χ3n) is 7.76. The number of hydrogen-bond donors (Lipinski definition) is 3. The van der Waals surface area contributed by atoms with E-state index in [1.807, 2.05) is 6.92 Å². The summed E-state index contributed by atoms with van der Waals surface area (Å²) in [6.07, 6.45) is 0.813. The molecule has 3 N–H and O–H groups in total. The van der Waals surface area contributed by atoms with Gasteiger partial charge in [0, 0.05) is 25.2 Å². The molecule has 1 saturated carbocycles. The summed E-state index contributed by atoms with van der Waals surface area (Å²) in [4.78, 5) is 11.9. The number of carbonyl (C=O) groups excluding carboxylic acids is 1. The molecule has 1 aliphatic carbocycles. The zero-order chi connectivity index (χ0) is 21.1. The first-order valence-corrected chi connectivity index (χ1v) is 10.8. The van der Waals surface area contributed by atoms with Crippen LogP contribution in [0.3, 0.4) is 0 Å². The van der Waals surface area contributed by atoms with Gasteiger partial charge in [-0.1, -0.05) is 13.8 Å². The predicted octanol–water partition coefficient (Wildman–Crippen LogP) is 2.42. The van der Waals surface area contributed by atoms with Crippen molar-refractivity contribution in [1.29, 1.82) is 0 Å². The summed E-state index contributed by atoms with van der Waals surface area (Å²) < 4.78 is 12.3. The maximum Gasteiger partial charge on any atom is 0.303 e. The molecule has 2 saturated heterocycles. The average molecular weight is 399 g/mol. The first-order chi connectivity index (χ1) is 12.8. The zero-order valence-electron chi connectivity index (χ0n) is 18.1. The van der Waals surface area contributed by atoms with E-state index in [1.165, 1.54) is 6.92 Å². The van der Waals surface area contributed by atoms with Gasteiger partial charge >= 0.3 is 5.97 Å². The molecule has 162 valence electrons. The fraction of sp³-hybridized carbons (Fsp3) is 0.955. The molecule has 3 rings (SSSR count). The molecule has 2 bridgehead atoms. The van der Waals surface area contributed by atoms with Crippen LogP contribution >= 0.6 is 0 Å². The van der Waals surface area contributed by atoms with Gasteiger partial charge in [0.1, 0.15) is 5.60 Å². The molecule has 0 aromatic rings. The van der Waals surface area contributed by atoms with Crippen molar-refractivity contribution in [3.8, 4) is 0 Å². The van der Waals surface area contributed by atoms with Crippen molar-refractivity contribution in [2.75, 3.05) is 0 Å². The highest BCUT2D eigenvalue weighted by Gasteiger charge is 2.64. The van der Waals surface area contributed by atoms with Crippen molar-refractivity contribution in [2.24, 2.45) is 23.7 Å². The molecule has 0 radical (unpaired) electrons. The molecule has 0 amide bonds. The van der Waals surface area contributed by atoms with E-state index in [1.54, 1.807) is 13.8 Å². The Hall–Kier alpha value is -0.690. The van der Waals surface area contributed by atoms with E-state index < -0.39 is 35.1 Å². The number of fused-ring (bicyclic) bond motifs is 5. The molecule has 6 nitrogen and oxygen atoms in total. The lowest BCUT2D eigenvalue weighted by atomic mass is 9.57. The van der Waals surface area contributed by atoms with Gasteiger partial charge in [-0.3, -0.25) is 4.79 Å². The van der Waals surface area contributed by atoms with Gasteiger partial charge in [0.25, 0.3) is 0 Å². The molecular weight excluding hydrogens is 360 g/mol. The van der Waals surface area contributed by atoms with Crippen LogP contribution in [0, 0.1) is 23.7 Å². The minimum Gasteiger partial charge on any atom is -0.459 e. The quantitative estimate of drug-likeness (QED) is 0.618. The fourth-order valence-electron chi connectivity index (χ4n) is 6.29. The summed E-state index contributed by atoms with van der Waals surface area (Å²) in [5.74, 6) is 0.320. The zero-order valence-corrected chi connectivity index (χ0v) is 18.1. The molecular formula is C22H38O6. The molecule has 0 unspecified atom stereocenters. The smallest absolute Gasteiger partial charge is 0.303 e. The SMILES string of the molecule is CC(=O)O[C@@]1(C)CC[C@@H](C(C)C)[C@H]2[C@@H]1[C@@H]1C[C@@](C)(O)[C@H](O)CC[C@](C)(O)[C@H]2O1. The van der Waals surface area contributed by atoms with Crippen LogP contribution in [0.5, 0.6) is 0 Å². The van der Waals surface area contributed by atoms with Crippen molar-refractivity contribution in [1.82, 2.24) is 0 Å². The molecule has 0 spiro atoms. The maximum absolute atomic E-state index is 11.9. The predicted molar refractivity (Wildman–Crippen MR) is 104 cm³/mol. The summed E-state index contributed by atoms with van der Waals surface area (Å²) in [5.41, 5.74) is -3.16. The number of carbonyl (C=O) groups is 1. The van der Waals surface area contributed by atoms with Crippen LogP contribution in [0.2, 0.25) is 0 Å². The molecule has 3 aliphatic rings. The third-order valence-corrected chi connectivity index (χ3v) is 7.76. The topological polar surface area (TPSA) is 96.2 Å². The molecule has 0 aromatic heterocycles. The number of hydrogen-bond acceptors (Lipinski definition) is 6. The average Bonchev–Trinajstić information content (AvgIpc) is 2.92. The number of aliphatic hydroxyl groups excluding tert-OH is 1. The lowest BCUT2D eigenvalue weighted by Crippen LogP contribution is -2.57. The van der Waals surface area contributed by atoms with Crippen LogP contribution in [0.4, 0.5) is 0 Å². The first kappa shape index (κ1) is 22.0. The van der Waals surface area contributed by atoms with Crippen LogP contribution < -0.4 is 0 Å². The molecule has 6 heteroatoms. The van der Waals surface area contributed by atoms with Gasteiger partial charge in [-0.2, -0.15) is 0 Å². The van der Waals surface area contributed by atoms with Gasteiger partial charge in [-0.15, -0.1) is 0 Å². The van der Waals surface area contributed by atoms with Crippen LogP contribution in [-0.2, 0) is 14.3 Å². The number of ether oxygens (including phenoxy) is 2. The molecule has 28 heavy (non-hydrogen) atoms. The number of aliphatic hydroxyl groups is 3. The Kier molecular flexibility index (Phi) is 5.68. The van der Waals surface area contributed by atoms with Crippen molar-refractivity contribution in [3.05, 3.63) is 0 Å². The second-order valence-electron chi connectivity index (χ2n) is 10.5. The molecule has 2 heterocycles. The Morgan fingerprint density at radius 1 is 1.11 bits per heavy atom. The van der Waals surface area contributed by atoms with E-state index in [9.17, 15) is 20.1 Å². The molecule has 2 aliphatic heterocycles. The summed E-state index contributed by atoms with van der Waals surface area (Å²) in [6, 6.07) is 0. The van der Waals surface area contributed by atoms with Crippen LogP contribution in [0.25, 0.3) is 0 Å². The minimum absolute atomic E-state index is 0.0316. The van der Waals surface area contributed by atoms with E-state index in [4.69, 9.17) is 9.47 Å². The van der Waals surface area contributed by atoms with Crippen LogP contribution in [-0.4, -0.2) is 56.4 Å². The Morgan fingerprint density at radius 3 is 2.32 bits per heavy atom. The van der Waals surface area contributed by atoms with Crippen molar-refractivity contribution in [2.45, 2.75) is 109 Å². The van der Waals surface area contributed by atoms with Crippen LogP contribution in [0.1, 0.15) is 73.6 Å². The highest BCUT2D eigenvalue weighted by Crippen LogP contribution is 2.57. The second-order valence-corrected chi connectivity index (χ2v) is 10.5. The highest BCUT2D eigenvalue weighted by atomic mass is 16.6. The Bertz CT molecular complexity index is 600. The van der Waals surface area contributed by atoms with E-state index in [0.717, 1.165) is 12.8 Å². The first-order valence-electron chi connectivity index (χ1n) is 10.8. The summed E-state index contributed by atoms with van der Waals surface area (Å²) in [5, 5.41) is 32.8. The summed E-state index contributed by atoms with van der Waals surface area (Å²) in [7, 11) is 0. The standard InChI is InChI=1S/C22H38O6/c1-12(2)14-7-10-22(6,28-13(3)23)18-15-11-21(5,26)16(24)8-9-20(4,25)19(27-15)17(14)18/h12,14-19,24-26H,7-11H2,1-6H3/t14-,15-,16+,17-,18-,19-,20-,21+,22-/m0/s1. The van der Waals surface area contributed by atoms with Crippen molar-refractivity contribution >= 4 is 5.97 Å². The van der Waals surface area contributed by atoms with Crippen LogP contribution in [0.15, 0.2) is 0 Å². The fourth-order valence-corrected chi connectivity index (χ4v) is 6.29. The second kappa shape index (κ2) is 7.22. The highest BCUT2D eigenvalue weighted by molar-refractivity contribution is 5.66.